The summed E-state index contributed by atoms with van der Waals surface area (Å²) in [6.07, 6.45) is 4.66. The number of fused-ring (bicyclic) bond motifs is 1. The lowest BCUT2D eigenvalue weighted by Crippen LogP contribution is -2.35. The normalized spacial score (nSPS) is 14.3. The second kappa shape index (κ2) is 12.7. The van der Waals surface area contributed by atoms with Crippen molar-refractivity contribution in [2.24, 2.45) is 0 Å². The first-order valence-corrected chi connectivity index (χ1v) is 12.6. The van der Waals surface area contributed by atoms with E-state index in [1.165, 1.54) is 0 Å². The second-order valence-electron chi connectivity index (χ2n) is 10.2. The summed E-state index contributed by atoms with van der Waals surface area (Å²) in [4.78, 5) is 10.6. The lowest BCUT2D eigenvalue weighted by atomic mass is 10.1. The highest BCUT2D eigenvalue weighted by Gasteiger charge is 2.42. The maximum absolute atomic E-state index is 14.3. The van der Waals surface area contributed by atoms with Gasteiger partial charge in [-0.05, 0) is 75.1 Å². The Balaban J connectivity index is 0.000000538. The molecule has 4 rings (SSSR count). The smallest absolute Gasteiger partial charge is 0.207 e. The van der Waals surface area contributed by atoms with Crippen molar-refractivity contribution >= 4 is 28.9 Å². The van der Waals surface area contributed by atoms with Crippen molar-refractivity contribution in [3.63, 3.8) is 0 Å². The Labute approximate surface area is 218 Å². The van der Waals surface area contributed by atoms with E-state index in [1.807, 2.05) is 61.9 Å². The summed E-state index contributed by atoms with van der Waals surface area (Å²) >= 11 is 5.96. The number of aromatic nitrogens is 1. The number of amides is 1. The SMILES string of the molecule is COC(C)(C)C.O=CNC1(COCCNCc2cc(F)cc3c2ccn3Cc2ccc(Cl)cc2)CC1. The van der Waals surface area contributed by atoms with Crippen molar-refractivity contribution in [1.82, 2.24) is 15.2 Å². The van der Waals surface area contributed by atoms with Gasteiger partial charge in [-0.3, -0.25) is 4.79 Å². The van der Waals surface area contributed by atoms with E-state index in [1.54, 1.807) is 19.2 Å². The quantitative estimate of drug-likeness (QED) is 0.268. The maximum Gasteiger partial charge on any atom is 0.207 e. The fourth-order valence-corrected chi connectivity index (χ4v) is 3.77. The molecule has 8 heteroatoms. The van der Waals surface area contributed by atoms with Gasteiger partial charge in [0.25, 0.3) is 0 Å². The minimum Gasteiger partial charge on any atom is -0.379 e. The first-order chi connectivity index (χ1) is 17.1. The summed E-state index contributed by atoms with van der Waals surface area (Å²) in [5, 5.41) is 7.88. The molecular weight excluding hydrogens is 481 g/mol. The van der Waals surface area contributed by atoms with Crippen LogP contribution in [0.15, 0.2) is 48.7 Å². The van der Waals surface area contributed by atoms with Gasteiger partial charge < -0.3 is 24.7 Å². The van der Waals surface area contributed by atoms with Crippen molar-refractivity contribution in [3.8, 4) is 0 Å². The van der Waals surface area contributed by atoms with Crippen molar-refractivity contribution in [1.29, 1.82) is 0 Å². The average Bonchev–Trinajstić information content (AvgIpc) is 3.49. The number of hydrogen-bond donors (Lipinski definition) is 2. The van der Waals surface area contributed by atoms with Crippen molar-refractivity contribution in [2.45, 2.75) is 57.8 Å². The van der Waals surface area contributed by atoms with E-state index >= 15 is 0 Å². The molecule has 0 aliphatic heterocycles. The van der Waals surface area contributed by atoms with E-state index in [2.05, 4.69) is 10.6 Å². The third-order valence-corrected chi connectivity index (χ3v) is 6.41. The number of ether oxygens (including phenoxy) is 2. The van der Waals surface area contributed by atoms with Crippen LogP contribution in [0.25, 0.3) is 10.9 Å². The number of carbonyl (C=O) groups excluding carboxylic acids is 1. The Bertz CT molecular complexity index is 1120. The van der Waals surface area contributed by atoms with Gasteiger partial charge in [-0.2, -0.15) is 0 Å². The first-order valence-electron chi connectivity index (χ1n) is 12.2. The highest BCUT2D eigenvalue weighted by Crippen LogP contribution is 2.34. The van der Waals surface area contributed by atoms with Crippen LogP contribution in [0.1, 0.15) is 44.7 Å². The second-order valence-corrected chi connectivity index (χ2v) is 10.6. The Hall–Kier alpha value is -2.45. The van der Waals surface area contributed by atoms with Crippen molar-refractivity contribution < 1.29 is 18.7 Å². The summed E-state index contributed by atoms with van der Waals surface area (Å²) < 4.78 is 26.9. The molecule has 1 heterocycles. The molecule has 3 aromatic rings. The van der Waals surface area contributed by atoms with E-state index in [-0.39, 0.29) is 17.0 Å². The molecule has 196 valence electrons. The molecule has 1 aliphatic carbocycles. The van der Waals surface area contributed by atoms with E-state index in [0.29, 0.717) is 37.9 Å². The molecular formula is C28H37ClFN3O3. The van der Waals surface area contributed by atoms with Crippen LogP contribution in [0.4, 0.5) is 4.39 Å². The first kappa shape index (κ1) is 28.1. The number of halogens is 2. The van der Waals surface area contributed by atoms with Crippen LogP contribution in [0.2, 0.25) is 5.02 Å². The van der Waals surface area contributed by atoms with Gasteiger partial charge in [0, 0.05) is 43.3 Å². The Morgan fingerprint density at radius 2 is 1.86 bits per heavy atom. The fourth-order valence-electron chi connectivity index (χ4n) is 3.65. The monoisotopic (exact) mass is 517 g/mol. The van der Waals surface area contributed by atoms with Crippen LogP contribution in [0.3, 0.4) is 0 Å². The van der Waals surface area contributed by atoms with Crippen molar-refractivity contribution in [3.05, 3.63) is 70.6 Å². The summed E-state index contributed by atoms with van der Waals surface area (Å²) in [5.74, 6) is -0.248. The largest absolute Gasteiger partial charge is 0.379 e. The van der Waals surface area contributed by atoms with E-state index < -0.39 is 0 Å². The maximum atomic E-state index is 14.3. The third kappa shape index (κ3) is 8.59. The standard InChI is InChI=1S/C23H25ClFN3O2.C5H12O/c24-19-3-1-17(2-4-19)14-28-9-5-21-18(11-20(25)12-22(21)28)13-26-8-10-30-15-23(6-7-23)27-16-29;1-5(2,3)6-4/h1-5,9,11-12,16,26H,6-8,10,13-15H2,(H,27,29);1-4H3. The van der Waals surface area contributed by atoms with E-state index in [9.17, 15) is 9.18 Å². The van der Waals surface area contributed by atoms with Gasteiger partial charge in [-0.15, -0.1) is 0 Å². The minimum atomic E-state index is -0.248. The number of methoxy groups -OCH3 is 1. The zero-order valence-electron chi connectivity index (χ0n) is 21.6. The average molecular weight is 518 g/mol. The summed E-state index contributed by atoms with van der Waals surface area (Å²) in [5.41, 5.74) is 2.79. The molecule has 0 radical (unpaired) electrons. The number of hydrogen-bond acceptors (Lipinski definition) is 4. The van der Waals surface area contributed by atoms with Gasteiger partial charge in [-0.1, -0.05) is 23.7 Å². The number of rotatable bonds is 11. The molecule has 0 spiro atoms. The van der Waals surface area contributed by atoms with E-state index in [4.69, 9.17) is 21.1 Å². The minimum absolute atomic E-state index is 0.0417. The predicted octanol–water partition coefficient (Wildman–Crippen LogP) is 5.30. The van der Waals surface area contributed by atoms with Crippen LogP contribution in [0.5, 0.6) is 0 Å². The van der Waals surface area contributed by atoms with Gasteiger partial charge in [-0.25, -0.2) is 4.39 Å². The number of benzene rings is 2. The number of carbonyl (C=O) groups is 1. The lowest BCUT2D eigenvalue weighted by molar-refractivity contribution is -0.110. The molecule has 0 saturated heterocycles. The van der Waals surface area contributed by atoms with Gasteiger partial charge in [0.1, 0.15) is 5.82 Å². The molecule has 6 nitrogen and oxygen atoms in total. The van der Waals surface area contributed by atoms with Crippen LogP contribution >= 0.6 is 11.6 Å². The van der Waals surface area contributed by atoms with Crippen LogP contribution in [-0.2, 0) is 27.4 Å². The van der Waals surface area contributed by atoms with Gasteiger partial charge in [0.05, 0.1) is 29.9 Å². The highest BCUT2D eigenvalue weighted by molar-refractivity contribution is 6.30. The fraction of sp³-hybridized carbons (Fsp3) is 0.464. The van der Waals surface area contributed by atoms with Crippen LogP contribution in [-0.4, -0.2) is 49.0 Å². The van der Waals surface area contributed by atoms with Crippen molar-refractivity contribution in [2.75, 3.05) is 26.9 Å². The predicted molar refractivity (Wildman–Crippen MR) is 143 cm³/mol. The van der Waals surface area contributed by atoms with Gasteiger partial charge >= 0.3 is 0 Å². The lowest BCUT2D eigenvalue weighted by Gasteiger charge is -2.14. The zero-order chi connectivity index (χ0) is 26.2. The highest BCUT2D eigenvalue weighted by atomic mass is 35.5. The topological polar surface area (TPSA) is 64.5 Å². The molecule has 1 amide bonds. The molecule has 2 N–H and O–H groups in total. The van der Waals surface area contributed by atoms with E-state index in [0.717, 1.165) is 41.3 Å². The van der Waals surface area contributed by atoms with Crippen LogP contribution < -0.4 is 10.6 Å². The molecule has 0 atom stereocenters. The zero-order valence-corrected chi connectivity index (χ0v) is 22.3. The molecule has 0 unspecified atom stereocenters. The molecule has 1 aliphatic rings. The summed E-state index contributed by atoms with van der Waals surface area (Å²) in [7, 11) is 1.71. The molecule has 1 fully saturated rings. The van der Waals surface area contributed by atoms with Crippen LogP contribution in [0, 0.1) is 5.82 Å². The molecule has 1 saturated carbocycles. The molecule has 1 aromatic heterocycles. The van der Waals surface area contributed by atoms with Gasteiger partial charge in [0.15, 0.2) is 0 Å². The molecule has 0 bridgehead atoms. The summed E-state index contributed by atoms with van der Waals surface area (Å²) in [6, 6.07) is 12.9. The number of nitrogens with zero attached hydrogens (tertiary/aromatic N) is 1. The number of nitrogens with one attached hydrogen (secondary N) is 2. The Morgan fingerprint density at radius 3 is 2.47 bits per heavy atom. The third-order valence-electron chi connectivity index (χ3n) is 6.15. The Morgan fingerprint density at radius 1 is 1.17 bits per heavy atom. The Kier molecular flexibility index (Phi) is 9.91. The molecule has 36 heavy (non-hydrogen) atoms. The van der Waals surface area contributed by atoms with Gasteiger partial charge in [0.2, 0.25) is 6.41 Å². The molecule has 2 aromatic carbocycles. The summed E-state index contributed by atoms with van der Waals surface area (Å²) in [6.45, 7) is 9.00.